The number of hydrogen-bond acceptors (Lipinski definition) is 4. The van der Waals surface area contributed by atoms with Gasteiger partial charge in [0.25, 0.3) is 0 Å². The zero-order chi connectivity index (χ0) is 8.31. The van der Waals surface area contributed by atoms with Crippen molar-refractivity contribution in [2.24, 2.45) is 0 Å². The van der Waals surface area contributed by atoms with Crippen molar-refractivity contribution in [3.8, 4) is 0 Å². The van der Waals surface area contributed by atoms with E-state index in [4.69, 9.17) is 10.2 Å². The highest BCUT2D eigenvalue weighted by Crippen LogP contribution is 1.99. The maximum absolute atomic E-state index is 9.99. The SMILES string of the molecule is CC(O)N(C(C)O)[N+](=O)[O-]. The predicted molar refractivity (Wildman–Crippen MR) is 32.2 cm³/mol. The molecule has 0 fully saturated rings. The zero-order valence-corrected chi connectivity index (χ0v) is 5.76. The van der Waals surface area contributed by atoms with Crippen LogP contribution in [0.25, 0.3) is 0 Å². The standard InChI is InChI=1S/C4H10N2O4/c1-3(7)5(4(2)8)6(9)10/h3-4,7-8H,1-2H3. The van der Waals surface area contributed by atoms with Gasteiger partial charge in [0.1, 0.15) is 0 Å². The van der Waals surface area contributed by atoms with Crippen LogP contribution in [-0.4, -0.2) is 32.7 Å². The third kappa shape index (κ3) is 2.16. The average Bonchev–Trinajstić information content (AvgIpc) is 1.59. The molecule has 0 saturated heterocycles. The largest absolute Gasteiger partial charge is 0.369 e. The molecule has 0 radical (unpaired) electrons. The Morgan fingerprint density at radius 2 is 1.70 bits per heavy atom. The molecular formula is C4H10N2O4. The number of aliphatic hydroxyl groups is 2. The van der Waals surface area contributed by atoms with Crippen molar-refractivity contribution in [2.45, 2.75) is 26.3 Å². The summed E-state index contributed by atoms with van der Waals surface area (Å²) in [5, 5.41) is 26.8. The number of nitro groups is 1. The number of rotatable bonds is 3. The Morgan fingerprint density at radius 3 is 1.70 bits per heavy atom. The summed E-state index contributed by atoms with van der Waals surface area (Å²) in [5.74, 6) is 0. The molecule has 0 heterocycles. The molecule has 2 N–H and O–H groups in total. The van der Waals surface area contributed by atoms with E-state index in [1.807, 2.05) is 0 Å². The lowest BCUT2D eigenvalue weighted by Gasteiger charge is -2.18. The van der Waals surface area contributed by atoms with E-state index in [1.165, 1.54) is 13.8 Å². The van der Waals surface area contributed by atoms with Crippen LogP contribution in [0.1, 0.15) is 13.8 Å². The fraction of sp³-hybridized carbons (Fsp3) is 1.00. The van der Waals surface area contributed by atoms with Crippen LogP contribution < -0.4 is 0 Å². The third-order valence-corrected chi connectivity index (χ3v) is 0.954. The zero-order valence-electron chi connectivity index (χ0n) is 5.76. The van der Waals surface area contributed by atoms with Crippen LogP contribution in [0.5, 0.6) is 0 Å². The highest BCUT2D eigenvalue weighted by Gasteiger charge is 2.24. The summed E-state index contributed by atoms with van der Waals surface area (Å²) in [4.78, 5) is 9.99. The van der Waals surface area contributed by atoms with Gasteiger partial charge in [0.2, 0.25) is 0 Å². The first kappa shape index (κ1) is 9.12. The Bertz CT molecular complexity index is 116. The van der Waals surface area contributed by atoms with E-state index in [0.717, 1.165) is 0 Å². The maximum atomic E-state index is 9.99. The molecule has 0 rings (SSSR count). The second kappa shape index (κ2) is 3.33. The Hall–Kier alpha value is -0.880. The van der Waals surface area contributed by atoms with Crippen molar-refractivity contribution in [3.05, 3.63) is 10.1 Å². The summed E-state index contributed by atoms with van der Waals surface area (Å²) in [5.41, 5.74) is 0. The number of nitrogens with zero attached hydrogens (tertiary/aromatic N) is 2. The number of aliphatic hydroxyl groups excluding tert-OH is 2. The van der Waals surface area contributed by atoms with Crippen molar-refractivity contribution in [2.75, 3.05) is 0 Å². The van der Waals surface area contributed by atoms with Crippen molar-refractivity contribution < 1.29 is 15.2 Å². The van der Waals surface area contributed by atoms with E-state index < -0.39 is 17.5 Å². The average molecular weight is 150 g/mol. The van der Waals surface area contributed by atoms with Crippen LogP contribution in [-0.2, 0) is 0 Å². The van der Waals surface area contributed by atoms with Crippen LogP contribution in [0.2, 0.25) is 0 Å². The van der Waals surface area contributed by atoms with Gasteiger partial charge >= 0.3 is 0 Å². The topological polar surface area (TPSA) is 86.8 Å². The molecule has 6 heteroatoms. The molecule has 0 aliphatic heterocycles. The summed E-state index contributed by atoms with van der Waals surface area (Å²) in [7, 11) is 0. The van der Waals surface area contributed by atoms with Crippen molar-refractivity contribution in [1.29, 1.82) is 0 Å². The van der Waals surface area contributed by atoms with Gasteiger partial charge in [-0.25, -0.2) is 10.1 Å². The molecule has 0 aliphatic rings. The van der Waals surface area contributed by atoms with E-state index in [0.29, 0.717) is 5.01 Å². The third-order valence-electron chi connectivity index (χ3n) is 0.954. The van der Waals surface area contributed by atoms with Gasteiger partial charge in [-0.1, -0.05) is 5.01 Å². The smallest absolute Gasteiger partial charge is 0.184 e. The maximum Gasteiger partial charge on any atom is 0.184 e. The fourth-order valence-electron chi connectivity index (χ4n) is 0.585. The first-order valence-electron chi connectivity index (χ1n) is 2.75. The normalized spacial score (nSPS) is 16.0. The Morgan fingerprint density at radius 1 is 1.40 bits per heavy atom. The van der Waals surface area contributed by atoms with E-state index in [-0.39, 0.29) is 0 Å². The Labute approximate surface area is 57.8 Å². The Balaban J connectivity index is 4.12. The monoisotopic (exact) mass is 150 g/mol. The Kier molecular flexibility index (Phi) is 3.04. The summed E-state index contributed by atoms with van der Waals surface area (Å²) in [6, 6.07) is 0. The molecule has 2 unspecified atom stereocenters. The lowest BCUT2D eigenvalue weighted by atomic mass is 10.5. The van der Waals surface area contributed by atoms with Crippen molar-refractivity contribution >= 4 is 0 Å². The van der Waals surface area contributed by atoms with Crippen molar-refractivity contribution in [1.82, 2.24) is 5.01 Å². The molecule has 0 bridgehead atoms. The first-order chi connectivity index (χ1) is 4.46. The van der Waals surface area contributed by atoms with Crippen molar-refractivity contribution in [3.63, 3.8) is 0 Å². The van der Waals surface area contributed by atoms with Gasteiger partial charge in [-0.3, -0.25) is 0 Å². The van der Waals surface area contributed by atoms with E-state index >= 15 is 0 Å². The second-order valence-corrected chi connectivity index (χ2v) is 1.88. The molecule has 0 spiro atoms. The van der Waals surface area contributed by atoms with Crippen LogP contribution in [0.4, 0.5) is 0 Å². The van der Waals surface area contributed by atoms with Crippen LogP contribution >= 0.6 is 0 Å². The highest BCUT2D eigenvalue weighted by atomic mass is 16.7. The number of hydrogen-bond donors (Lipinski definition) is 2. The summed E-state index contributed by atoms with van der Waals surface area (Å²) < 4.78 is 0. The molecular weight excluding hydrogens is 140 g/mol. The highest BCUT2D eigenvalue weighted by molar-refractivity contribution is 4.43. The molecule has 0 aromatic rings. The lowest BCUT2D eigenvalue weighted by Crippen LogP contribution is -2.44. The molecule has 2 atom stereocenters. The molecule has 0 amide bonds. The summed E-state index contributed by atoms with van der Waals surface area (Å²) in [6.45, 7) is 2.41. The minimum absolute atomic E-state index is 0.333. The van der Waals surface area contributed by atoms with Gasteiger partial charge < -0.3 is 10.2 Å². The van der Waals surface area contributed by atoms with Crippen LogP contribution in [0, 0.1) is 10.1 Å². The lowest BCUT2D eigenvalue weighted by molar-refractivity contribution is -0.691. The summed E-state index contributed by atoms with van der Waals surface area (Å²) >= 11 is 0. The molecule has 6 nitrogen and oxygen atoms in total. The molecule has 0 aromatic heterocycles. The molecule has 0 aromatic carbocycles. The second-order valence-electron chi connectivity index (χ2n) is 1.88. The fourth-order valence-corrected chi connectivity index (χ4v) is 0.585. The molecule has 0 saturated carbocycles. The van der Waals surface area contributed by atoms with Gasteiger partial charge in [-0.2, -0.15) is 0 Å². The quantitative estimate of drug-likeness (QED) is 0.311. The molecule has 0 aliphatic carbocycles. The van der Waals surface area contributed by atoms with E-state index in [9.17, 15) is 10.1 Å². The van der Waals surface area contributed by atoms with Crippen LogP contribution in [0.15, 0.2) is 0 Å². The molecule has 10 heavy (non-hydrogen) atoms. The van der Waals surface area contributed by atoms with Gasteiger partial charge in [0.15, 0.2) is 17.5 Å². The van der Waals surface area contributed by atoms with Gasteiger partial charge in [-0.15, -0.1) is 0 Å². The van der Waals surface area contributed by atoms with Crippen LogP contribution in [0.3, 0.4) is 0 Å². The number of hydrazine groups is 1. The predicted octanol–water partition coefficient (Wildman–Crippen LogP) is -0.843. The van der Waals surface area contributed by atoms with E-state index in [2.05, 4.69) is 0 Å². The first-order valence-corrected chi connectivity index (χ1v) is 2.75. The summed E-state index contributed by atoms with van der Waals surface area (Å²) in [6.07, 6.45) is -2.56. The van der Waals surface area contributed by atoms with E-state index in [1.54, 1.807) is 0 Å². The van der Waals surface area contributed by atoms with Gasteiger partial charge in [0.05, 0.1) is 0 Å². The van der Waals surface area contributed by atoms with Gasteiger partial charge in [-0.05, 0) is 13.8 Å². The minimum atomic E-state index is -1.28. The van der Waals surface area contributed by atoms with Gasteiger partial charge in [0, 0.05) is 0 Å². The molecule has 60 valence electrons. The minimum Gasteiger partial charge on any atom is -0.369 e.